The Morgan fingerprint density at radius 2 is 1.90 bits per heavy atom. The molecule has 5 rings (SSSR count). The molecule has 0 aliphatic carbocycles. The molecule has 156 valence electrons. The Kier molecular flexibility index (Phi) is 5.12. The third kappa shape index (κ3) is 3.08. The van der Waals surface area contributed by atoms with Crippen LogP contribution in [0.25, 0.3) is 11.4 Å². The number of fused-ring (bicyclic) bond motifs is 2. The summed E-state index contributed by atoms with van der Waals surface area (Å²) >= 11 is 12.7. The summed E-state index contributed by atoms with van der Waals surface area (Å²) in [5.41, 5.74) is 2.07. The first-order chi connectivity index (χ1) is 14.5. The van der Waals surface area contributed by atoms with Crippen LogP contribution in [0.2, 0.25) is 10.0 Å². The fourth-order valence-electron chi connectivity index (χ4n) is 5.74. The lowest BCUT2D eigenvalue weighted by Gasteiger charge is -2.50. The van der Waals surface area contributed by atoms with Crippen LogP contribution in [0.5, 0.6) is 0 Å². The zero-order valence-corrected chi connectivity index (χ0v) is 18.7. The van der Waals surface area contributed by atoms with Gasteiger partial charge >= 0.3 is 0 Å². The van der Waals surface area contributed by atoms with Crippen molar-refractivity contribution >= 4 is 23.2 Å². The van der Waals surface area contributed by atoms with E-state index in [0.29, 0.717) is 28.0 Å². The van der Waals surface area contributed by atoms with E-state index in [1.54, 1.807) is 0 Å². The molecule has 30 heavy (non-hydrogen) atoms. The molecular weight excluding hydrogens is 417 g/mol. The van der Waals surface area contributed by atoms with Crippen LogP contribution in [-0.2, 0) is 5.41 Å². The van der Waals surface area contributed by atoms with Crippen LogP contribution in [0, 0.1) is 0 Å². The van der Waals surface area contributed by atoms with Crippen LogP contribution in [0.15, 0.2) is 53.1 Å². The third-order valence-corrected chi connectivity index (χ3v) is 8.08. The van der Waals surface area contributed by atoms with Gasteiger partial charge in [0.05, 0.1) is 16.0 Å². The number of hydrogen-bond donors (Lipinski definition) is 0. The lowest BCUT2D eigenvalue weighted by atomic mass is 9.61. The van der Waals surface area contributed by atoms with Crippen molar-refractivity contribution in [2.45, 2.75) is 56.0 Å². The standard InChI is InChI=1S/C24H25Cl2N3O/c1-3-24(16-9-11-18(25)19(26)13-16)14-17-10-12-20(29(17)2)21(24)23-27-22(28-30-23)15-7-5-4-6-8-15/h4-9,11,13,17,20-21H,3,10,12,14H2,1-2H3. The molecule has 3 aromatic rings. The molecular formula is C24H25Cl2N3O. The first kappa shape index (κ1) is 20.0. The van der Waals surface area contributed by atoms with E-state index in [2.05, 4.69) is 30.1 Å². The molecule has 0 spiro atoms. The van der Waals surface area contributed by atoms with E-state index in [9.17, 15) is 0 Å². The minimum atomic E-state index is -0.118. The summed E-state index contributed by atoms with van der Waals surface area (Å²) in [4.78, 5) is 7.42. The molecule has 2 saturated heterocycles. The van der Waals surface area contributed by atoms with Crippen molar-refractivity contribution in [3.8, 4) is 11.4 Å². The van der Waals surface area contributed by atoms with E-state index in [1.165, 1.54) is 12.0 Å². The van der Waals surface area contributed by atoms with Crippen LogP contribution in [0.3, 0.4) is 0 Å². The van der Waals surface area contributed by atoms with E-state index in [0.717, 1.165) is 30.7 Å². The quantitative estimate of drug-likeness (QED) is 0.473. The van der Waals surface area contributed by atoms with Crippen molar-refractivity contribution in [2.75, 3.05) is 7.05 Å². The van der Waals surface area contributed by atoms with Crippen LogP contribution < -0.4 is 0 Å². The van der Waals surface area contributed by atoms with Crippen LogP contribution in [0.4, 0.5) is 0 Å². The van der Waals surface area contributed by atoms with E-state index in [4.69, 9.17) is 32.7 Å². The van der Waals surface area contributed by atoms with E-state index in [-0.39, 0.29) is 11.3 Å². The summed E-state index contributed by atoms with van der Waals surface area (Å²) in [5.74, 6) is 1.47. The van der Waals surface area contributed by atoms with Gasteiger partial charge in [-0.05, 0) is 50.4 Å². The van der Waals surface area contributed by atoms with Crippen molar-refractivity contribution in [1.29, 1.82) is 0 Å². The van der Waals surface area contributed by atoms with Crippen LogP contribution in [0.1, 0.15) is 50.0 Å². The molecule has 4 unspecified atom stereocenters. The molecule has 2 aliphatic rings. The smallest absolute Gasteiger partial charge is 0.232 e. The largest absolute Gasteiger partial charge is 0.339 e. The summed E-state index contributed by atoms with van der Waals surface area (Å²) < 4.78 is 5.94. The summed E-state index contributed by atoms with van der Waals surface area (Å²) in [6.45, 7) is 2.26. The molecule has 4 atom stereocenters. The summed E-state index contributed by atoms with van der Waals surface area (Å²) in [7, 11) is 2.23. The van der Waals surface area contributed by atoms with Crippen molar-refractivity contribution in [1.82, 2.24) is 15.0 Å². The summed E-state index contributed by atoms with van der Waals surface area (Å²) in [6, 6.07) is 17.0. The second-order valence-electron chi connectivity index (χ2n) is 8.61. The lowest BCUT2D eigenvalue weighted by molar-refractivity contribution is 0.0638. The first-order valence-electron chi connectivity index (χ1n) is 10.6. The number of hydrogen-bond acceptors (Lipinski definition) is 4. The topological polar surface area (TPSA) is 42.2 Å². The number of likely N-dealkylation sites (N-methyl/N-ethyl adjacent to an activating group) is 1. The van der Waals surface area contributed by atoms with E-state index in [1.807, 2.05) is 42.5 Å². The first-order valence-corrected chi connectivity index (χ1v) is 11.4. The van der Waals surface area contributed by atoms with Gasteiger partial charge in [-0.3, -0.25) is 4.90 Å². The zero-order valence-electron chi connectivity index (χ0n) is 17.2. The number of rotatable bonds is 4. The SMILES string of the molecule is CCC1(c2ccc(Cl)c(Cl)c2)CC2CCC(C1c1nc(-c3ccccc3)no1)N2C. The number of piperidine rings is 1. The zero-order chi connectivity index (χ0) is 20.9. The average molecular weight is 442 g/mol. The lowest BCUT2D eigenvalue weighted by Crippen LogP contribution is -2.53. The molecule has 0 amide bonds. The maximum Gasteiger partial charge on any atom is 0.232 e. The molecule has 4 nitrogen and oxygen atoms in total. The summed E-state index contributed by atoms with van der Waals surface area (Å²) in [5, 5.41) is 5.53. The minimum Gasteiger partial charge on any atom is -0.339 e. The Balaban J connectivity index is 1.64. The highest BCUT2D eigenvalue weighted by Crippen LogP contribution is 2.56. The normalized spacial score (nSPS) is 28.7. The molecule has 2 fully saturated rings. The van der Waals surface area contributed by atoms with Crippen LogP contribution >= 0.6 is 23.2 Å². The van der Waals surface area contributed by atoms with Crippen molar-refractivity contribution in [3.63, 3.8) is 0 Å². The molecule has 3 heterocycles. The molecule has 1 aromatic heterocycles. The predicted molar refractivity (Wildman–Crippen MR) is 120 cm³/mol. The van der Waals surface area contributed by atoms with Gasteiger partial charge in [0.15, 0.2) is 0 Å². The highest BCUT2D eigenvalue weighted by Gasteiger charge is 2.56. The van der Waals surface area contributed by atoms with Gasteiger partial charge in [0.2, 0.25) is 11.7 Å². The van der Waals surface area contributed by atoms with Gasteiger partial charge < -0.3 is 4.52 Å². The summed E-state index contributed by atoms with van der Waals surface area (Å²) in [6.07, 6.45) is 4.35. The predicted octanol–water partition coefficient (Wildman–Crippen LogP) is 6.34. The number of aromatic nitrogens is 2. The highest BCUT2D eigenvalue weighted by molar-refractivity contribution is 6.42. The maximum atomic E-state index is 6.45. The second-order valence-corrected chi connectivity index (χ2v) is 9.42. The Hall–Kier alpha value is -1.88. The van der Waals surface area contributed by atoms with Crippen molar-refractivity contribution in [3.05, 3.63) is 70.0 Å². The van der Waals surface area contributed by atoms with Gasteiger partial charge in [-0.25, -0.2) is 0 Å². The molecule has 6 heteroatoms. The van der Waals surface area contributed by atoms with Gasteiger partial charge in [-0.2, -0.15) is 4.98 Å². The fourth-order valence-corrected chi connectivity index (χ4v) is 6.04. The number of nitrogens with zero attached hydrogens (tertiary/aromatic N) is 3. The number of benzene rings is 2. The monoisotopic (exact) mass is 441 g/mol. The Bertz CT molecular complexity index is 1050. The van der Waals surface area contributed by atoms with Gasteiger partial charge in [-0.1, -0.05) is 71.7 Å². The van der Waals surface area contributed by atoms with Gasteiger partial charge in [0, 0.05) is 23.1 Å². The second kappa shape index (κ2) is 7.67. The van der Waals surface area contributed by atoms with Gasteiger partial charge in [-0.15, -0.1) is 0 Å². The Morgan fingerprint density at radius 1 is 1.10 bits per heavy atom. The maximum absolute atomic E-state index is 6.45. The van der Waals surface area contributed by atoms with Crippen molar-refractivity contribution < 1.29 is 4.52 Å². The third-order valence-electron chi connectivity index (χ3n) is 7.34. The highest BCUT2D eigenvalue weighted by atomic mass is 35.5. The van der Waals surface area contributed by atoms with E-state index < -0.39 is 0 Å². The minimum absolute atomic E-state index is 0.105. The van der Waals surface area contributed by atoms with Crippen molar-refractivity contribution in [2.24, 2.45) is 0 Å². The average Bonchev–Trinajstić information content (AvgIpc) is 3.34. The van der Waals surface area contributed by atoms with Gasteiger partial charge in [0.1, 0.15) is 0 Å². The molecule has 2 bridgehead atoms. The molecule has 2 aromatic carbocycles. The van der Waals surface area contributed by atoms with Gasteiger partial charge in [0.25, 0.3) is 0 Å². The molecule has 0 saturated carbocycles. The molecule has 0 radical (unpaired) electrons. The molecule has 2 aliphatic heterocycles. The Labute approximate surface area is 187 Å². The van der Waals surface area contributed by atoms with E-state index >= 15 is 0 Å². The Morgan fingerprint density at radius 3 is 2.63 bits per heavy atom. The number of halogens is 2. The van der Waals surface area contributed by atoms with Crippen LogP contribution in [-0.4, -0.2) is 34.2 Å². The molecule has 0 N–H and O–H groups in total. The fraction of sp³-hybridized carbons (Fsp3) is 0.417.